The molecule has 1 amide bonds. The zero-order valence-electron chi connectivity index (χ0n) is 21.7. The van der Waals surface area contributed by atoms with Gasteiger partial charge in [-0.1, -0.05) is 11.8 Å². The standard InChI is InChI=1S/C29H28F5N3O3/c1-40-20-4-5-26-22(15-20)27(18(16-30)17-35-26)23(32)6-7-29(28(38)36-39)8-11-37(12-9-29)10-2-3-21-24(33)13-19(31)14-25(21)34/h4-5,13-15,17,23,39H,6-12,16H2,1H3,(H,36,38). The van der Waals surface area contributed by atoms with E-state index >= 15 is 4.39 Å². The van der Waals surface area contributed by atoms with Gasteiger partial charge in [0.05, 0.1) is 30.1 Å². The summed E-state index contributed by atoms with van der Waals surface area (Å²) in [5.41, 5.74) is 0.813. The Kier molecular flexibility index (Phi) is 9.22. The number of pyridine rings is 1. The Bertz CT molecular complexity index is 1420. The van der Waals surface area contributed by atoms with Crippen molar-refractivity contribution in [1.29, 1.82) is 0 Å². The van der Waals surface area contributed by atoms with E-state index in [0.717, 1.165) is 0 Å². The maximum atomic E-state index is 15.8. The van der Waals surface area contributed by atoms with E-state index in [0.29, 0.717) is 41.9 Å². The molecule has 1 saturated heterocycles. The number of hydrogen-bond acceptors (Lipinski definition) is 5. The van der Waals surface area contributed by atoms with E-state index in [1.54, 1.807) is 23.7 Å². The number of carbonyl (C=O) groups excluding carboxylic acids is 1. The van der Waals surface area contributed by atoms with E-state index in [-0.39, 0.29) is 43.4 Å². The molecule has 212 valence electrons. The highest BCUT2D eigenvalue weighted by Crippen LogP contribution is 2.41. The minimum absolute atomic E-state index is 0.0750. The number of methoxy groups -OCH3 is 1. The van der Waals surface area contributed by atoms with E-state index < -0.39 is 47.2 Å². The van der Waals surface area contributed by atoms with Crippen LogP contribution in [0.25, 0.3) is 10.9 Å². The summed E-state index contributed by atoms with van der Waals surface area (Å²) in [5.74, 6) is 1.63. The van der Waals surface area contributed by atoms with Gasteiger partial charge in [-0.25, -0.2) is 27.4 Å². The SMILES string of the molecule is COc1ccc2ncc(CF)c(C(F)CCC3(C(=O)NO)CCN(CC#Cc4c(F)cc(F)cc4F)CC3)c2c1. The first kappa shape index (κ1) is 29.2. The molecule has 2 heterocycles. The van der Waals surface area contributed by atoms with Crippen LogP contribution in [0.15, 0.2) is 36.5 Å². The molecule has 1 atom stereocenters. The zero-order chi connectivity index (χ0) is 28.9. The monoisotopic (exact) mass is 561 g/mol. The molecule has 1 aliphatic heterocycles. The number of piperidine rings is 1. The van der Waals surface area contributed by atoms with Crippen molar-refractivity contribution in [3.05, 3.63) is 70.7 Å². The Labute approximate surface area is 228 Å². The van der Waals surface area contributed by atoms with Crippen LogP contribution in [-0.4, -0.2) is 47.7 Å². The lowest BCUT2D eigenvalue weighted by molar-refractivity contribution is -0.143. The molecule has 0 spiro atoms. The first-order valence-electron chi connectivity index (χ1n) is 12.7. The van der Waals surface area contributed by atoms with Gasteiger partial charge in [0, 0.05) is 47.9 Å². The highest BCUT2D eigenvalue weighted by atomic mass is 19.2. The van der Waals surface area contributed by atoms with Crippen molar-refractivity contribution in [3.63, 3.8) is 0 Å². The molecule has 2 N–H and O–H groups in total. The molecule has 0 saturated carbocycles. The van der Waals surface area contributed by atoms with Gasteiger partial charge >= 0.3 is 0 Å². The summed E-state index contributed by atoms with van der Waals surface area (Å²) in [5, 5.41) is 9.84. The number of aromatic nitrogens is 1. The van der Waals surface area contributed by atoms with Crippen LogP contribution in [0.2, 0.25) is 0 Å². The van der Waals surface area contributed by atoms with E-state index in [2.05, 4.69) is 16.8 Å². The smallest absolute Gasteiger partial charge is 0.249 e. The van der Waals surface area contributed by atoms with Crippen molar-refractivity contribution in [2.45, 2.75) is 38.5 Å². The number of benzene rings is 2. The van der Waals surface area contributed by atoms with Gasteiger partial charge < -0.3 is 4.74 Å². The second-order valence-corrected chi connectivity index (χ2v) is 9.76. The molecule has 0 radical (unpaired) electrons. The van der Waals surface area contributed by atoms with Gasteiger partial charge in [0.1, 0.15) is 36.0 Å². The summed E-state index contributed by atoms with van der Waals surface area (Å²) in [6.07, 6.45) is 0.166. The molecule has 6 nitrogen and oxygen atoms in total. The van der Waals surface area contributed by atoms with Gasteiger partial charge in [-0.15, -0.1) is 0 Å². The highest BCUT2D eigenvalue weighted by Gasteiger charge is 2.41. The van der Waals surface area contributed by atoms with Crippen LogP contribution in [0.1, 0.15) is 48.5 Å². The summed E-state index contributed by atoms with van der Waals surface area (Å²) < 4.78 is 75.6. The summed E-state index contributed by atoms with van der Waals surface area (Å²) in [6.45, 7) is -0.0967. The van der Waals surface area contributed by atoms with E-state index in [1.165, 1.54) is 13.3 Å². The quantitative estimate of drug-likeness (QED) is 0.163. The number of ether oxygens (including phenoxy) is 1. The number of carbonyl (C=O) groups is 1. The van der Waals surface area contributed by atoms with E-state index in [1.807, 2.05) is 4.90 Å². The lowest BCUT2D eigenvalue weighted by Gasteiger charge is -2.40. The van der Waals surface area contributed by atoms with E-state index in [4.69, 9.17) is 4.74 Å². The fourth-order valence-electron chi connectivity index (χ4n) is 5.13. The molecule has 1 aromatic heterocycles. The number of hydrogen-bond donors (Lipinski definition) is 2. The van der Waals surface area contributed by atoms with Crippen LogP contribution in [-0.2, 0) is 11.5 Å². The van der Waals surface area contributed by atoms with Gasteiger partial charge in [0.15, 0.2) is 0 Å². The minimum Gasteiger partial charge on any atom is -0.497 e. The Morgan fingerprint density at radius 1 is 1.20 bits per heavy atom. The fourth-order valence-corrected chi connectivity index (χ4v) is 5.13. The molecule has 11 heteroatoms. The molecule has 0 aliphatic carbocycles. The van der Waals surface area contributed by atoms with Crippen molar-refractivity contribution in [1.82, 2.24) is 15.4 Å². The van der Waals surface area contributed by atoms with Gasteiger partial charge in [-0.05, 0) is 43.9 Å². The molecular weight excluding hydrogens is 533 g/mol. The van der Waals surface area contributed by atoms with Crippen LogP contribution < -0.4 is 10.2 Å². The van der Waals surface area contributed by atoms with Crippen LogP contribution in [0.4, 0.5) is 22.0 Å². The number of hydroxylamine groups is 1. The van der Waals surface area contributed by atoms with Crippen LogP contribution >= 0.6 is 0 Å². The molecule has 2 aromatic carbocycles. The lowest BCUT2D eigenvalue weighted by atomic mass is 9.73. The molecule has 1 fully saturated rings. The molecule has 4 rings (SSSR count). The van der Waals surface area contributed by atoms with Crippen molar-refractivity contribution in [2.24, 2.45) is 5.41 Å². The van der Waals surface area contributed by atoms with Gasteiger partial charge in [-0.3, -0.25) is 19.9 Å². The minimum atomic E-state index is -1.61. The third-order valence-electron chi connectivity index (χ3n) is 7.45. The number of halogens is 5. The topological polar surface area (TPSA) is 74.7 Å². The average Bonchev–Trinajstić information content (AvgIpc) is 2.96. The molecule has 0 bridgehead atoms. The Morgan fingerprint density at radius 3 is 2.52 bits per heavy atom. The van der Waals surface area contributed by atoms with Crippen molar-refractivity contribution in [2.75, 3.05) is 26.7 Å². The normalized spacial score (nSPS) is 15.8. The van der Waals surface area contributed by atoms with Gasteiger partial charge in [-0.2, -0.15) is 0 Å². The maximum absolute atomic E-state index is 15.8. The van der Waals surface area contributed by atoms with Crippen LogP contribution in [0, 0.1) is 34.7 Å². The van der Waals surface area contributed by atoms with Crippen molar-refractivity contribution in [3.8, 4) is 17.6 Å². The maximum Gasteiger partial charge on any atom is 0.249 e. The number of amides is 1. The van der Waals surface area contributed by atoms with E-state index in [9.17, 15) is 27.6 Å². The number of fused-ring (bicyclic) bond motifs is 1. The Morgan fingerprint density at radius 2 is 1.90 bits per heavy atom. The second-order valence-electron chi connectivity index (χ2n) is 9.76. The number of nitrogens with zero attached hydrogens (tertiary/aromatic N) is 2. The van der Waals surface area contributed by atoms with Crippen molar-refractivity contribution >= 4 is 16.8 Å². The average molecular weight is 562 g/mol. The Hall–Kier alpha value is -3.75. The summed E-state index contributed by atoms with van der Waals surface area (Å²) >= 11 is 0. The number of rotatable bonds is 8. The number of nitrogens with one attached hydrogen (secondary N) is 1. The summed E-state index contributed by atoms with van der Waals surface area (Å²) in [4.78, 5) is 18.8. The summed E-state index contributed by atoms with van der Waals surface area (Å²) in [6, 6.07) is 6.03. The fraction of sp³-hybridized carbons (Fsp3) is 0.379. The molecule has 1 unspecified atom stereocenters. The third-order valence-corrected chi connectivity index (χ3v) is 7.45. The largest absolute Gasteiger partial charge is 0.497 e. The van der Waals surface area contributed by atoms with Crippen LogP contribution in [0.3, 0.4) is 0 Å². The Balaban J connectivity index is 1.47. The first-order chi connectivity index (χ1) is 19.2. The van der Waals surface area contributed by atoms with Crippen LogP contribution in [0.5, 0.6) is 5.75 Å². The highest BCUT2D eigenvalue weighted by molar-refractivity contribution is 5.85. The second kappa shape index (κ2) is 12.6. The van der Waals surface area contributed by atoms with Crippen molar-refractivity contribution < 1.29 is 36.7 Å². The lowest BCUT2D eigenvalue weighted by Crippen LogP contribution is -2.48. The zero-order valence-corrected chi connectivity index (χ0v) is 21.7. The molecule has 40 heavy (non-hydrogen) atoms. The molecule has 3 aromatic rings. The van der Waals surface area contributed by atoms with Gasteiger partial charge in [0.25, 0.3) is 0 Å². The summed E-state index contributed by atoms with van der Waals surface area (Å²) in [7, 11) is 1.47. The third kappa shape index (κ3) is 6.18. The van der Waals surface area contributed by atoms with Gasteiger partial charge in [0.2, 0.25) is 5.91 Å². The first-order valence-corrected chi connectivity index (χ1v) is 12.7. The number of alkyl halides is 2. The predicted octanol–water partition coefficient (Wildman–Crippen LogP) is 5.56. The molecule has 1 aliphatic rings. The molecular formula is C29H28F5N3O3. The predicted molar refractivity (Wildman–Crippen MR) is 137 cm³/mol. The number of likely N-dealkylation sites (tertiary alicyclic amines) is 1.